The fourth-order valence-corrected chi connectivity index (χ4v) is 3.12. The van der Waals surface area contributed by atoms with Crippen LogP contribution < -0.4 is 0 Å². The fourth-order valence-electron chi connectivity index (χ4n) is 3.12. The van der Waals surface area contributed by atoms with Crippen molar-refractivity contribution in [2.45, 2.75) is 19.4 Å². The van der Waals surface area contributed by atoms with E-state index in [1.165, 1.54) is 0 Å². The average molecular weight is 323 g/mol. The molecule has 1 aliphatic rings. The average Bonchev–Trinajstić information content (AvgIpc) is 3.20. The van der Waals surface area contributed by atoms with Crippen LogP contribution in [0.5, 0.6) is 0 Å². The first kappa shape index (κ1) is 14.8. The standard InChI is InChI=1S/C17H17N5O2/c1-11-16(17(24)21-8-6-13(23)10-21)19-20-22(11)15-4-2-3-12-9-18-7-5-14(12)15/h2-5,7,9,13,23H,6,8,10H2,1H3/t13-/m1/s1. The second kappa shape index (κ2) is 5.68. The van der Waals surface area contributed by atoms with Gasteiger partial charge in [-0.15, -0.1) is 5.10 Å². The van der Waals surface area contributed by atoms with Crippen LogP contribution in [-0.2, 0) is 0 Å². The number of likely N-dealkylation sites (tertiary alicyclic amines) is 1. The van der Waals surface area contributed by atoms with Crippen molar-refractivity contribution in [3.63, 3.8) is 0 Å². The molecule has 3 aromatic rings. The summed E-state index contributed by atoms with van der Waals surface area (Å²) in [6.45, 7) is 2.73. The van der Waals surface area contributed by atoms with Crippen LogP contribution in [0.2, 0.25) is 0 Å². The smallest absolute Gasteiger partial charge is 0.276 e. The first-order valence-corrected chi connectivity index (χ1v) is 7.88. The molecule has 1 aliphatic heterocycles. The molecule has 7 nitrogen and oxygen atoms in total. The predicted octanol–water partition coefficient (Wildman–Crippen LogP) is 1.33. The second-order valence-corrected chi connectivity index (χ2v) is 6.00. The number of hydrogen-bond acceptors (Lipinski definition) is 5. The number of rotatable bonds is 2. The van der Waals surface area contributed by atoms with Gasteiger partial charge >= 0.3 is 0 Å². The van der Waals surface area contributed by atoms with E-state index in [4.69, 9.17) is 0 Å². The zero-order valence-electron chi connectivity index (χ0n) is 13.3. The Bertz CT molecular complexity index is 915. The minimum Gasteiger partial charge on any atom is -0.391 e. The van der Waals surface area contributed by atoms with E-state index >= 15 is 0 Å². The highest BCUT2D eigenvalue weighted by Gasteiger charge is 2.29. The quantitative estimate of drug-likeness (QED) is 0.769. The molecule has 0 aliphatic carbocycles. The van der Waals surface area contributed by atoms with E-state index in [0.717, 1.165) is 16.5 Å². The molecule has 0 saturated carbocycles. The van der Waals surface area contributed by atoms with Crippen molar-refractivity contribution in [3.8, 4) is 5.69 Å². The van der Waals surface area contributed by atoms with Crippen LogP contribution in [0.3, 0.4) is 0 Å². The van der Waals surface area contributed by atoms with Crippen molar-refractivity contribution < 1.29 is 9.90 Å². The Balaban J connectivity index is 1.75. The number of pyridine rings is 1. The van der Waals surface area contributed by atoms with E-state index in [9.17, 15) is 9.90 Å². The number of β-amino-alcohol motifs (C(OH)–C–C–N with tert-alkyl or cyclic N) is 1. The van der Waals surface area contributed by atoms with Gasteiger partial charge < -0.3 is 10.0 Å². The monoisotopic (exact) mass is 323 g/mol. The van der Waals surface area contributed by atoms with E-state index in [2.05, 4.69) is 15.3 Å². The molecule has 0 unspecified atom stereocenters. The van der Waals surface area contributed by atoms with Crippen molar-refractivity contribution >= 4 is 16.7 Å². The Hall–Kier alpha value is -2.80. The SMILES string of the molecule is Cc1c(C(=O)N2CC[C@@H](O)C2)nnn1-c1cccc2cnccc12. The lowest BCUT2D eigenvalue weighted by molar-refractivity contribution is 0.0758. The maximum atomic E-state index is 12.6. The Kier molecular flexibility index (Phi) is 3.50. The first-order chi connectivity index (χ1) is 11.6. The lowest BCUT2D eigenvalue weighted by Gasteiger charge is -2.14. The van der Waals surface area contributed by atoms with Crippen molar-refractivity contribution in [1.29, 1.82) is 0 Å². The highest BCUT2D eigenvalue weighted by Crippen LogP contribution is 2.23. The van der Waals surface area contributed by atoms with E-state index in [-0.39, 0.29) is 5.91 Å². The highest BCUT2D eigenvalue weighted by molar-refractivity contribution is 5.94. The molecule has 4 rings (SSSR count). The predicted molar refractivity (Wildman–Crippen MR) is 87.9 cm³/mol. The fraction of sp³-hybridized carbons (Fsp3) is 0.294. The largest absolute Gasteiger partial charge is 0.391 e. The zero-order valence-corrected chi connectivity index (χ0v) is 13.3. The first-order valence-electron chi connectivity index (χ1n) is 7.88. The summed E-state index contributed by atoms with van der Waals surface area (Å²) in [6, 6.07) is 7.77. The number of aliphatic hydroxyl groups is 1. The van der Waals surface area contributed by atoms with Gasteiger partial charge in [0.05, 0.1) is 17.5 Å². The molecule has 3 heterocycles. The van der Waals surface area contributed by atoms with Crippen LogP contribution in [0.25, 0.3) is 16.5 Å². The molecule has 2 aromatic heterocycles. The van der Waals surface area contributed by atoms with Crippen LogP contribution in [0.4, 0.5) is 0 Å². The van der Waals surface area contributed by atoms with Gasteiger partial charge in [-0.25, -0.2) is 4.68 Å². The van der Waals surface area contributed by atoms with Gasteiger partial charge in [-0.2, -0.15) is 0 Å². The Morgan fingerprint density at radius 2 is 2.21 bits per heavy atom. The van der Waals surface area contributed by atoms with E-state index in [1.807, 2.05) is 31.2 Å². The van der Waals surface area contributed by atoms with Crippen molar-refractivity contribution in [1.82, 2.24) is 24.9 Å². The molecule has 7 heteroatoms. The zero-order chi connectivity index (χ0) is 16.7. The number of carbonyl (C=O) groups excluding carboxylic acids is 1. The summed E-state index contributed by atoms with van der Waals surface area (Å²) in [5, 5.41) is 19.9. The van der Waals surface area contributed by atoms with Crippen LogP contribution >= 0.6 is 0 Å². The highest BCUT2D eigenvalue weighted by atomic mass is 16.3. The van der Waals surface area contributed by atoms with Crippen molar-refractivity contribution in [2.24, 2.45) is 0 Å². The molecular formula is C17H17N5O2. The van der Waals surface area contributed by atoms with Crippen LogP contribution in [0.15, 0.2) is 36.7 Å². The van der Waals surface area contributed by atoms with Gasteiger partial charge in [-0.3, -0.25) is 9.78 Å². The maximum absolute atomic E-state index is 12.6. The minimum absolute atomic E-state index is 0.183. The normalized spacial score (nSPS) is 17.6. The molecule has 1 saturated heterocycles. The van der Waals surface area contributed by atoms with Gasteiger partial charge in [0.2, 0.25) is 0 Å². The van der Waals surface area contributed by atoms with Gasteiger partial charge in [0.1, 0.15) is 0 Å². The topological polar surface area (TPSA) is 84.1 Å². The molecule has 0 radical (unpaired) electrons. The maximum Gasteiger partial charge on any atom is 0.276 e. The van der Waals surface area contributed by atoms with Gasteiger partial charge in [-0.05, 0) is 25.5 Å². The van der Waals surface area contributed by atoms with E-state index < -0.39 is 6.10 Å². The van der Waals surface area contributed by atoms with Crippen LogP contribution in [-0.4, -0.2) is 55.1 Å². The van der Waals surface area contributed by atoms with Gasteiger partial charge in [0.25, 0.3) is 5.91 Å². The van der Waals surface area contributed by atoms with Gasteiger partial charge in [0, 0.05) is 36.3 Å². The second-order valence-electron chi connectivity index (χ2n) is 6.00. The lowest BCUT2D eigenvalue weighted by atomic mass is 10.1. The number of benzene rings is 1. The van der Waals surface area contributed by atoms with Crippen LogP contribution in [0.1, 0.15) is 22.6 Å². The third-order valence-corrected chi connectivity index (χ3v) is 4.43. The molecule has 1 fully saturated rings. The van der Waals surface area contributed by atoms with Gasteiger partial charge in [0.15, 0.2) is 5.69 Å². The molecule has 1 amide bonds. The van der Waals surface area contributed by atoms with E-state index in [0.29, 0.717) is 30.9 Å². The third-order valence-electron chi connectivity index (χ3n) is 4.43. The summed E-state index contributed by atoms with van der Waals surface area (Å²) in [7, 11) is 0. The molecule has 122 valence electrons. The molecule has 0 spiro atoms. The molecule has 1 N–H and O–H groups in total. The number of hydrogen-bond donors (Lipinski definition) is 1. The Morgan fingerprint density at radius 3 is 3.00 bits per heavy atom. The molecule has 24 heavy (non-hydrogen) atoms. The number of nitrogens with zero attached hydrogens (tertiary/aromatic N) is 5. The lowest BCUT2D eigenvalue weighted by Crippen LogP contribution is -2.30. The van der Waals surface area contributed by atoms with Crippen LogP contribution in [0, 0.1) is 6.92 Å². The summed E-state index contributed by atoms with van der Waals surface area (Å²) in [5.74, 6) is -0.183. The molecule has 0 bridgehead atoms. The third kappa shape index (κ3) is 2.33. The summed E-state index contributed by atoms with van der Waals surface area (Å²) in [4.78, 5) is 18.4. The Labute approximate surface area is 138 Å². The number of fused-ring (bicyclic) bond motifs is 1. The molecular weight excluding hydrogens is 306 g/mol. The number of amides is 1. The van der Waals surface area contributed by atoms with Crippen molar-refractivity contribution in [3.05, 3.63) is 48.0 Å². The summed E-state index contributed by atoms with van der Waals surface area (Å²) in [6.07, 6.45) is 3.68. The van der Waals surface area contributed by atoms with Crippen molar-refractivity contribution in [2.75, 3.05) is 13.1 Å². The summed E-state index contributed by atoms with van der Waals surface area (Å²) < 4.78 is 1.68. The number of carbonyl (C=O) groups is 1. The minimum atomic E-state index is -0.449. The van der Waals surface area contributed by atoms with E-state index in [1.54, 1.807) is 22.0 Å². The number of aliphatic hydroxyl groups excluding tert-OH is 1. The Morgan fingerprint density at radius 1 is 1.33 bits per heavy atom. The van der Waals surface area contributed by atoms with Gasteiger partial charge in [-0.1, -0.05) is 17.3 Å². The summed E-state index contributed by atoms with van der Waals surface area (Å²) >= 11 is 0. The number of aromatic nitrogens is 4. The molecule has 1 atom stereocenters. The summed E-state index contributed by atoms with van der Waals surface area (Å²) in [5.41, 5.74) is 1.88. The molecule has 1 aromatic carbocycles.